The van der Waals surface area contributed by atoms with Crippen molar-refractivity contribution in [3.05, 3.63) is 65.2 Å². The van der Waals surface area contributed by atoms with Crippen LogP contribution in [0.25, 0.3) is 0 Å². The minimum absolute atomic E-state index is 0.544. The minimum atomic E-state index is 0.544. The quantitative estimate of drug-likeness (QED) is 0.306. The molecular formula is C29H38O. The van der Waals surface area contributed by atoms with Crippen LogP contribution >= 0.6 is 0 Å². The molecule has 3 rings (SSSR count). The summed E-state index contributed by atoms with van der Waals surface area (Å²) in [6.07, 6.45) is 12.2. The third-order valence-electron chi connectivity index (χ3n) is 6.29. The lowest BCUT2D eigenvalue weighted by atomic mass is 9.79. The van der Waals surface area contributed by atoms with Crippen LogP contribution in [0.15, 0.2) is 48.5 Å². The van der Waals surface area contributed by atoms with E-state index in [4.69, 9.17) is 4.74 Å². The Kier molecular flexibility index (Phi) is 9.36. The van der Waals surface area contributed by atoms with E-state index < -0.39 is 0 Å². The van der Waals surface area contributed by atoms with Crippen molar-refractivity contribution in [2.75, 3.05) is 6.61 Å². The Hall–Kier alpha value is -2.20. The summed E-state index contributed by atoms with van der Waals surface area (Å²) in [5, 5.41) is 0. The summed E-state index contributed by atoms with van der Waals surface area (Å²) in [5.74, 6) is 9.20. The van der Waals surface area contributed by atoms with Crippen LogP contribution in [-0.2, 0) is 6.42 Å². The van der Waals surface area contributed by atoms with E-state index in [-0.39, 0.29) is 0 Å². The summed E-state index contributed by atoms with van der Waals surface area (Å²) < 4.78 is 5.85. The first-order valence-corrected chi connectivity index (χ1v) is 12.1. The highest BCUT2D eigenvalue weighted by Gasteiger charge is 2.21. The third-order valence-corrected chi connectivity index (χ3v) is 6.29. The zero-order chi connectivity index (χ0) is 21.0. The van der Waals surface area contributed by atoms with Gasteiger partial charge in [0.25, 0.3) is 0 Å². The molecular weight excluding hydrogens is 364 g/mol. The summed E-state index contributed by atoms with van der Waals surface area (Å²) in [5.41, 5.74) is 4.05. The Balaban J connectivity index is 1.44. The molecule has 1 aliphatic carbocycles. The lowest BCUT2D eigenvalue weighted by molar-refractivity contribution is 0.306. The van der Waals surface area contributed by atoms with Crippen molar-refractivity contribution in [1.29, 1.82) is 0 Å². The van der Waals surface area contributed by atoms with Crippen molar-refractivity contribution in [3.63, 3.8) is 0 Å². The number of unbranched alkanes of at least 4 members (excludes halogenated alkanes) is 3. The van der Waals surface area contributed by atoms with Crippen molar-refractivity contribution in [2.24, 2.45) is 5.92 Å². The lowest BCUT2D eigenvalue weighted by Gasteiger charge is -2.26. The Morgan fingerprint density at radius 3 is 2.17 bits per heavy atom. The molecule has 1 saturated carbocycles. The van der Waals surface area contributed by atoms with Gasteiger partial charge in [0.2, 0.25) is 0 Å². The molecule has 1 heteroatoms. The monoisotopic (exact) mass is 402 g/mol. The number of hydrogen-bond donors (Lipinski definition) is 0. The summed E-state index contributed by atoms with van der Waals surface area (Å²) in [6.45, 7) is 5.30. The van der Waals surface area contributed by atoms with E-state index in [1.165, 1.54) is 68.9 Å². The van der Waals surface area contributed by atoms with Gasteiger partial charge in [-0.1, -0.05) is 69.2 Å². The molecule has 0 amide bonds. The van der Waals surface area contributed by atoms with Crippen molar-refractivity contribution in [1.82, 2.24) is 0 Å². The van der Waals surface area contributed by atoms with Crippen LogP contribution in [0.5, 0.6) is 5.75 Å². The Labute approximate surface area is 184 Å². The second-order valence-electron chi connectivity index (χ2n) is 8.74. The molecule has 0 atom stereocenters. The predicted molar refractivity (Wildman–Crippen MR) is 128 cm³/mol. The van der Waals surface area contributed by atoms with Gasteiger partial charge in [-0.15, -0.1) is 0 Å². The highest BCUT2D eigenvalue weighted by Crippen LogP contribution is 2.36. The van der Waals surface area contributed by atoms with Gasteiger partial charge in [-0.3, -0.25) is 0 Å². The summed E-state index contributed by atoms with van der Waals surface area (Å²) in [4.78, 5) is 0. The molecule has 0 spiro atoms. The van der Waals surface area contributed by atoms with E-state index in [1.807, 2.05) is 0 Å². The third kappa shape index (κ3) is 7.24. The van der Waals surface area contributed by atoms with Crippen LogP contribution < -0.4 is 4.74 Å². The van der Waals surface area contributed by atoms with Gasteiger partial charge in [0.05, 0.1) is 6.61 Å². The molecule has 0 aromatic heterocycles. The lowest BCUT2D eigenvalue weighted by Crippen LogP contribution is -2.12. The molecule has 1 aliphatic rings. The zero-order valence-electron chi connectivity index (χ0n) is 19.0. The maximum Gasteiger partial charge on any atom is 0.119 e. The fraction of sp³-hybridized carbons (Fsp3) is 0.517. The molecule has 0 N–H and O–H groups in total. The minimum Gasteiger partial charge on any atom is -0.494 e. The number of benzene rings is 2. The zero-order valence-corrected chi connectivity index (χ0v) is 19.0. The maximum absolute atomic E-state index is 5.85. The van der Waals surface area contributed by atoms with Gasteiger partial charge in [0.15, 0.2) is 0 Å². The van der Waals surface area contributed by atoms with Crippen LogP contribution in [0.1, 0.15) is 94.2 Å². The number of rotatable bonds is 9. The van der Waals surface area contributed by atoms with Gasteiger partial charge in [-0.05, 0) is 86.3 Å². The molecule has 0 aliphatic heterocycles. The largest absolute Gasteiger partial charge is 0.494 e. The van der Waals surface area contributed by atoms with E-state index in [2.05, 4.69) is 74.2 Å². The highest BCUT2D eigenvalue weighted by atomic mass is 16.5. The fourth-order valence-electron chi connectivity index (χ4n) is 4.27. The first-order valence-electron chi connectivity index (χ1n) is 12.1. The van der Waals surface area contributed by atoms with Gasteiger partial charge in [-0.2, -0.15) is 0 Å². The Morgan fingerprint density at radius 1 is 0.800 bits per heavy atom. The molecule has 0 bridgehead atoms. The molecule has 1 nitrogen and oxygen atoms in total. The average molecular weight is 403 g/mol. The van der Waals surface area contributed by atoms with Crippen LogP contribution in [0.2, 0.25) is 0 Å². The Morgan fingerprint density at radius 2 is 1.50 bits per heavy atom. The second-order valence-corrected chi connectivity index (χ2v) is 8.74. The van der Waals surface area contributed by atoms with Crippen molar-refractivity contribution in [2.45, 2.75) is 84.0 Å². The molecule has 0 radical (unpaired) electrons. The molecule has 0 saturated heterocycles. The summed E-state index contributed by atoms with van der Waals surface area (Å²) >= 11 is 0. The number of aryl methyl sites for hydroxylation is 1. The standard InChI is InChI=1S/C29H38O/c1-3-5-7-23-30-29-21-19-28(20-22-29)27-17-15-26(16-18-27)14-13-25-11-9-24(10-12-25)8-6-4-2/h9-12,19-22,26-27H,3-8,15-18,23H2,1-2H3. The maximum atomic E-state index is 5.85. The smallest absolute Gasteiger partial charge is 0.119 e. The molecule has 0 unspecified atom stereocenters. The van der Waals surface area contributed by atoms with Gasteiger partial charge < -0.3 is 4.74 Å². The first kappa shape index (κ1) is 22.5. The summed E-state index contributed by atoms with van der Waals surface area (Å²) in [7, 11) is 0. The van der Waals surface area contributed by atoms with Gasteiger partial charge in [0, 0.05) is 11.5 Å². The van der Waals surface area contributed by atoms with Gasteiger partial charge in [-0.25, -0.2) is 0 Å². The second kappa shape index (κ2) is 12.5. The van der Waals surface area contributed by atoms with Crippen molar-refractivity contribution >= 4 is 0 Å². The van der Waals surface area contributed by atoms with E-state index in [1.54, 1.807) is 0 Å². The van der Waals surface area contributed by atoms with Crippen molar-refractivity contribution in [3.8, 4) is 17.6 Å². The fourth-order valence-corrected chi connectivity index (χ4v) is 4.27. The highest BCUT2D eigenvalue weighted by molar-refractivity contribution is 5.37. The molecule has 0 heterocycles. The molecule has 30 heavy (non-hydrogen) atoms. The molecule has 160 valence electrons. The van der Waals surface area contributed by atoms with Gasteiger partial charge >= 0.3 is 0 Å². The predicted octanol–water partition coefficient (Wildman–Crippen LogP) is 7.92. The number of hydrogen-bond acceptors (Lipinski definition) is 1. The Bertz CT molecular complexity index is 783. The average Bonchev–Trinajstić information content (AvgIpc) is 2.81. The molecule has 2 aromatic rings. The van der Waals surface area contributed by atoms with Crippen LogP contribution in [0, 0.1) is 17.8 Å². The van der Waals surface area contributed by atoms with Crippen LogP contribution in [0.4, 0.5) is 0 Å². The van der Waals surface area contributed by atoms with E-state index in [9.17, 15) is 0 Å². The van der Waals surface area contributed by atoms with Crippen LogP contribution in [0.3, 0.4) is 0 Å². The van der Waals surface area contributed by atoms with Crippen LogP contribution in [-0.4, -0.2) is 6.61 Å². The normalized spacial score (nSPS) is 18.5. The first-order chi connectivity index (χ1) is 14.8. The van der Waals surface area contributed by atoms with Gasteiger partial charge in [0.1, 0.15) is 5.75 Å². The van der Waals surface area contributed by atoms with E-state index >= 15 is 0 Å². The number of ether oxygens (including phenoxy) is 1. The van der Waals surface area contributed by atoms with Crippen molar-refractivity contribution < 1.29 is 4.74 Å². The topological polar surface area (TPSA) is 9.23 Å². The SMILES string of the molecule is CCCCCOc1ccc(C2CCC(C#Cc3ccc(CCCC)cc3)CC2)cc1. The van der Waals surface area contributed by atoms with E-state index in [0.29, 0.717) is 11.8 Å². The molecule has 1 fully saturated rings. The summed E-state index contributed by atoms with van der Waals surface area (Å²) in [6, 6.07) is 17.7. The molecule has 2 aromatic carbocycles. The van der Waals surface area contributed by atoms with E-state index in [0.717, 1.165) is 24.3 Å².